The number of pyridine rings is 1. The molecule has 8 nitrogen and oxygen atoms in total. The van der Waals surface area contributed by atoms with E-state index in [2.05, 4.69) is 35.3 Å². The molecule has 0 saturated carbocycles. The van der Waals surface area contributed by atoms with Crippen LogP contribution in [0.4, 0.5) is 16.3 Å². The highest BCUT2D eigenvalue weighted by Crippen LogP contribution is 2.25. The van der Waals surface area contributed by atoms with Crippen molar-refractivity contribution in [1.82, 2.24) is 25.1 Å². The van der Waals surface area contributed by atoms with E-state index >= 15 is 0 Å². The standard InChI is InChI=1S/C21H23N7O/c29-21(24-17-9-12-27(14-17)18-7-1-2-10-22-18)23-16-6-3-5-15(13-16)20-26-25-19-8-4-11-28(19)20/h1-3,5-7,10,13,17H,4,8-9,11-12,14H2,(H2,23,24,29). The van der Waals surface area contributed by atoms with Gasteiger partial charge < -0.3 is 20.1 Å². The predicted molar refractivity (Wildman–Crippen MR) is 111 cm³/mol. The van der Waals surface area contributed by atoms with E-state index in [0.29, 0.717) is 0 Å². The first-order valence-electron chi connectivity index (χ1n) is 10.0. The molecule has 29 heavy (non-hydrogen) atoms. The summed E-state index contributed by atoms with van der Waals surface area (Å²) in [4.78, 5) is 19.1. The first-order chi connectivity index (χ1) is 14.3. The Morgan fingerprint density at radius 1 is 1.10 bits per heavy atom. The van der Waals surface area contributed by atoms with Crippen molar-refractivity contribution in [3.05, 3.63) is 54.5 Å². The number of nitrogens with one attached hydrogen (secondary N) is 2. The molecule has 4 heterocycles. The number of nitrogens with zero attached hydrogens (tertiary/aromatic N) is 5. The second-order valence-electron chi connectivity index (χ2n) is 7.49. The monoisotopic (exact) mass is 389 g/mol. The van der Waals surface area contributed by atoms with Crippen LogP contribution in [0.3, 0.4) is 0 Å². The summed E-state index contributed by atoms with van der Waals surface area (Å²) in [6, 6.07) is 13.6. The Hall–Kier alpha value is -3.42. The Morgan fingerprint density at radius 2 is 2.07 bits per heavy atom. The normalized spacial score (nSPS) is 17.9. The predicted octanol–water partition coefficient (Wildman–Crippen LogP) is 2.69. The van der Waals surface area contributed by atoms with Gasteiger partial charge in [0.25, 0.3) is 0 Å². The summed E-state index contributed by atoms with van der Waals surface area (Å²) in [7, 11) is 0. The lowest BCUT2D eigenvalue weighted by Gasteiger charge is -2.18. The Bertz CT molecular complexity index is 1020. The van der Waals surface area contributed by atoms with Crippen molar-refractivity contribution in [2.45, 2.75) is 31.8 Å². The number of benzene rings is 1. The van der Waals surface area contributed by atoms with Gasteiger partial charge in [0.05, 0.1) is 0 Å². The number of rotatable bonds is 4. The van der Waals surface area contributed by atoms with Crippen LogP contribution in [0.15, 0.2) is 48.7 Å². The molecule has 1 unspecified atom stereocenters. The van der Waals surface area contributed by atoms with Gasteiger partial charge >= 0.3 is 6.03 Å². The molecule has 2 aliphatic rings. The van der Waals surface area contributed by atoms with E-state index in [1.807, 2.05) is 42.5 Å². The van der Waals surface area contributed by atoms with Crippen LogP contribution in [0, 0.1) is 0 Å². The zero-order chi connectivity index (χ0) is 19.6. The van der Waals surface area contributed by atoms with E-state index in [4.69, 9.17) is 0 Å². The Morgan fingerprint density at radius 3 is 2.97 bits per heavy atom. The van der Waals surface area contributed by atoms with Gasteiger partial charge in [-0.2, -0.15) is 0 Å². The smallest absolute Gasteiger partial charge is 0.319 e. The Kier molecular flexibility index (Phi) is 4.59. The van der Waals surface area contributed by atoms with Crippen LogP contribution in [-0.4, -0.2) is 44.9 Å². The number of amides is 2. The molecule has 1 aromatic carbocycles. The van der Waals surface area contributed by atoms with Gasteiger partial charge in [0.15, 0.2) is 5.82 Å². The first-order valence-corrected chi connectivity index (χ1v) is 10.0. The maximum absolute atomic E-state index is 12.5. The molecule has 8 heteroatoms. The first kappa shape index (κ1) is 17.7. The number of aryl methyl sites for hydroxylation is 1. The minimum Gasteiger partial charge on any atom is -0.354 e. The molecule has 1 saturated heterocycles. The summed E-state index contributed by atoms with van der Waals surface area (Å²) in [5, 5.41) is 14.6. The van der Waals surface area contributed by atoms with Crippen LogP contribution in [0.2, 0.25) is 0 Å². The van der Waals surface area contributed by atoms with E-state index in [-0.39, 0.29) is 12.1 Å². The minimum atomic E-state index is -0.193. The summed E-state index contributed by atoms with van der Waals surface area (Å²) in [5.41, 5.74) is 1.71. The van der Waals surface area contributed by atoms with E-state index in [9.17, 15) is 4.79 Å². The van der Waals surface area contributed by atoms with Crippen molar-refractivity contribution in [1.29, 1.82) is 0 Å². The van der Waals surface area contributed by atoms with Gasteiger partial charge in [0.1, 0.15) is 11.6 Å². The third kappa shape index (κ3) is 3.65. The quantitative estimate of drug-likeness (QED) is 0.716. The topological polar surface area (TPSA) is 88.0 Å². The lowest BCUT2D eigenvalue weighted by molar-refractivity contribution is 0.249. The van der Waals surface area contributed by atoms with E-state index in [1.54, 1.807) is 6.20 Å². The average molecular weight is 389 g/mol. The molecule has 148 valence electrons. The Balaban J connectivity index is 1.21. The number of carbonyl (C=O) groups excluding carboxylic acids is 1. The Labute approximate surface area is 169 Å². The molecule has 0 radical (unpaired) electrons. The summed E-state index contributed by atoms with van der Waals surface area (Å²) in [5.74, 6) is 2.85. The molecule has 2 aromatic heterocycles. The number of aromatic nitrogens is 4. The number of fused-ring (bicyclic) bond motifs is 1. The fourth-order valence-corrected chi connectivity index (χ4v) is 4.08. The van der Waals surface area contributed by atoms with Gasteiger partial charge in [-0.05, 0) is 37.1 Å². The maximum atomic E-state index is 12.5. The summed E-state index contributed by atoms with van der Waals surface area (Å²) < 4.78 is 2.16. The summed E-state index contributed by atoms with van der Waals surface area (Å²) in [6.07, 6.45) is 4.77. The van der Waals surface area contributed by atoms with Crippen molar-refractivity contribution in [2.24, 2.45) is 0 Å². The highest BCUT2D eigenvalue weighted by atomic mass is 16.2. The van der Waals surface area contributed by atoms with Gasteiger partial charge in [-0.25, -0.2) is 9.78 Å². The van der Waals surface area contributed by atoms with Crippen molar-refractivity contribution in [2.75, 3.05) is 23.3 Å². The molecule has 2 aliphatic heterocycles. The van der Waals surface area contributed by atoms with Crippen LogP contribution < -0.4 is 15.5 Å². The van der Waals surface area contributed by atoms with Gasteiger partial charge in [0.2, 0.25) is 0 Å². The highest BCUT2D eigenvalue weighted by molar-refractivity contribution is 5.90. The number of hydrogen-bond donors (Lipinski definition) is 2. The third-order valence-electron chi connectivity index (χ3n) is 5.48. The second-order valence-corrected chi connectivity index (χ2v) is 7.49. The van der Waals surface area contributed by atoms with Crippen LogP contribution >= 0.6 is 0 Å². The van der Waals surface area contributed by atoms with Crippen LogP contribution in [0.1, 0.15) is 18.7 Å². The summed E-state index contributed by atoms with van der Waals surface area (Å²) >= 11 is 0. The SMILES string of the molecule is O=C(Nc1cccc(-c2nnc3n2CCC3)c1)NC1CCN(c2ccccn2)C1. The maximum Gasteiger partial charge on any atom is 0.319 e. The third-order valence-corrected chi connectivity index (χ3v) is 5.48. The highest BCUT2D eigenvalue weighted by Gasteiger charge is 2.25. The number of hydrogen-bond acceptors (Lipinski definition) is 5. The lowest BCUT2D eigenvalue weighted by Crippen LogP contribution is -2.39. The van der Waals surface area contributed by atoms with E-state index < -0.39 is 0 Å². The molecule has 3 aromatic rings. The largest absolute Gasteiger partial charge is 0.354 e. The van der Waals surface area contributed by atoms with Crippen molar-refractivity contribution in [3.8, 4) is 11.4 Å². The fourth-order valence-electron chi connectivity index (χ4n) is 4.08. The molecule has 1 atom stereocenters. The van der Waals surface area contributed by atoms with Crippen LogP contribution in [0.25, 0.3) is 11.4 Å². The molecule has 2 N–H and O–H groups in total. The molecule has 5 rings (SSSR count). The number of urea groups is 1. The van der Waals surface area contributed by atoms with Gasteiger partial charge in [0, 0.05) is 49.5 Å². The zero-order valence-corrected chi connectivity index (χ0v) is 16.1. The van der Waals surface area contributed by atoms with E-state index in [0.717, 1.165) is 67.6 Å². The molecule has 0 aliphatic carbocycles. The molecule has 0 bridgehead atoms. The van der Waals surface area contributed by atoms with Crippen LogP contribution in [-0.2, 0) is 13.0 Å². The average Bonchev–Trinajstić information content (AvgIpc) is 3.46. The van der Waals surface area contributed by atoms with E-state index in [1.165, 1.54) is 0 Å². The van der Waals surface area contributed by atoms with Crippen molar-refractivity contribution in [3.63, 3.8) is 0 Å². The molecule has 1 fully saturated rings. The van der Waals surface area contributed by atoms with Crippen molar-refractivity contribution >= 4 is 17.5 Å². The lowest BCUT2D eigenvalue weighted by atomic mass is 10.2. The van der Waals surface area contributed by atoms with Gasteiger partial charge in [-0.3, -0.25) is 0 Å². The molecule has 0 spiro atoms. The van der Waals surface area contributed by atoms with Gasteiger partial charge in [-0.15, -0.1) is 10.2 Å². The fraction of sp³-hybridized carbons (Fsp3) is 0.333. The van der Waals surface area contributed by atoms with Crippen LogP contribution in [0.5, 0.6) is 0 Å². The second kappa shape index (κ2) is 7.54. The molecular weight excluding hydrogens is 366 g/mol. The minimum absolute atomic E-state index is 0.0972. The van der Waals surface area contributed by atoms with Gasteiger partial charge in [-0.1, -0.05) is 18.2 Å². The zero-order valence-electron chi connectivity index (χ0n) is 16.1. The number of carbonyl (C=O) groups is 1. The molecule has 2 amide bonds. The number of anilines is 2. The van der Waals surface area contributed by atoms with Crippen molar-refractivity contribution < 1.29 is 4.79 Å². The molecular formula is C21H23N7O. The summed E-state index contributed by atoms with van der Waals surface area (Å²) in [6.45, 7) is 2.59.